The van der Waals surface area contributed by atoms with Gasteiger partial charge in [0, 0.05) is 25.8 Å². The number of methoxy groups -OCH3 is 1. The van der Waals surface area contributed by atoms with E-state index in [0.29, 0.717) is 6.42 Å². The standard InChI is InChI=1S/C11H16N2O5/c1-18-6-8(2-3-14)12-11(17)7-4-9(15)13-10(16)5-7/h4-5,8,14H,2-3,6H2,1H3,(H,12,17)(H2,13,15,16). The average Bonchev–Trinajstić information content (AvgIpc) is 2.28. The highest BCUT2D eigenvalue weighted by molar-refractivity contribution is 5.94. The van der Waals surface area contributed by atoms with E-state index in [4.69, 9.17) is 9.84 Å². The number of ether oxygens (including phenoxy) is 1. The highest BCUT2D eigenvalue weighted by atomic mass is 16.5. The summed E-state index contributed by atoms with van der Waals surface area (Å²) < 4.78 is 4.90. The molecule has 0 saturated heterocycles. The fraction of sp³-hybridized carbons (Fsp3) is 0.455. The van der Waals surface area contributed by atoms with Crippen molar-refractivity contribution in [1.82, 2.24) is 10.3 Å². The van der Waals surface area contributed by atoms with Gasteiger partial charge in [-0.3, -0.25) is 14.6 Å². The molecular weight excluding hydrogens is 240 g/mol. The van der Waals surface area contributed by atoms with Crippen LogP contribution in [-0.2, 0) is 4.74 Å². The first kappa shape index (κ1) is 14.2. The van der Waals surface area contributed by atoms with Crippen LogP contribution in [0.4, 0.5) is 0 Å². The Labute approximate surface area is 103 Å². The largest absolute Gasteiger partial charge is 0.494 e. The number of aromatic amines is 1. The first-order valence-electron chi connectivity index (χ1n) is 5.40. The van der Waals surface area contributed by atoms with Crippen molar-refractivity contribution in [2.75, 3.05) is 20.3 Å². The van der Waals surface area contributed by atoms with Crippen molar-refractivity contribution in [3.05, 3.63) is 28.0 Å². The molecule has 100 valence electrons. The van der Waals surface area contributed by atoms with Crippen molar-refractivity contribution >= 4 is 5.91 Å². The second-order valence-corrected chi connectivity index (χ2v) is 3.76. The van der Waals surface area contributed by atoms with Gasteiger partial charge in [0.25, 0.3) is 11.5 Å². The van der Waals surface area contributed by atoms with Gasteiger partial charge in [-0.25, -0.2) is 0 Å². The average molecular weight is 256 g/mol. The van der Waals surface area contributed by atoms with Crippen LogP contribution >= 0.6 is 0 Å². The van der Waals surface area contributed by atoms with E-state index >= 15 is 0 Å². The zero-order valence-electron chi connectivity index (χ0n) is 9.97. The van der Waals surface area contributed by atoms with Gasteiger partial charge in [0.15, 0.2) is 5.88 Å². The molecule has 1 aromatic rings. The van der Waals surface area contributed by atoms with Gasteiger partial charge in [0.2, 0.25) is 0 Å². The molecule has 18 heavy (non-hydrogen) atoms. The maximum Gasteiger partial charge on any atom is 0.251 e. The molecule has 7 heteroatoms. The second-order valence-electron chi connectivity index (χ2n) is 3.76. The maximum absolute atomic E-state index is 11.8. The van der Waals surface area contributed by atoms with E-state index in [1.807, 2.05) is 0 Å². The molecule has 1 heterocycles. The molecule has 0 saturated carbocycles. The number of aliphatic hydroxyl groups is 1. The molecule has 7 nitrogen and oxygen atoms in total. The Morgan fingerprint density at radius 1 is 1.56 bits per heavy atom. The number of amides is 1. The summed E-state index contributed by atoms with van der Waals surface area (Å²) in [5.41, 5.74) is -0.513. The highest BCUT2D eigenvalue weighted by Gasteiger charge is 2.14. The minimum atomic E-state index is -0.564. The maximum atomic E-state index is 11.8. The Balaban J connectivity index is 2.76. The molecule has 0 aliphatic rings. The predicted octanol–water partition coefficient (Wildman–Crippen LogP) is -0.792. The van der Waals surface area contributed by atoms with Gasteiger partial charge in [0.1, 0.15) is 0 Å². The van der Waals surface area contributed by atoms with Crippen molar-refractivity contribution in [3.8, 4) is 5.88 Å². The molecule has 0 radical (unpaired) electrons. The van der Waals surface area contributed by atoms with Gasteiger partial charge < -0.3 is 20.3 Å². The quantitative estimate of drug-likeness (QED) is 0.533. The van der Waals surface area contributed by atoms with Gasteiger partial charge in [-0.1, -0.05) is 0 Å². The molecule has 0 spiro atoms. The normalized spacial score (nSPS) is 12.1. The fourth-order valence-electron chi connectivity index (χ4n) is 1.48. The molecule has 4 N–H and O–H groups in total. The van der Waals surface area contributed by atoms with E-state index in [1.54, 1.807) is 0 Å². The molecule has 0 aliphatic carbocycles. The zero-order valence-corrected chi connectivity index (χ0v) is 9.97. The number of hydrogen-bond donors (Lipinski definition) is 4. The van der Waals surface area contributed by atoms with E-state index in [9.17, 15) is 14.7 Å². The van der Waals surface area contributed by atoms with Crippen molar-refractivity contribution in [2.24, 2.45) is 0 Å². The number of nitrogens with one attached hydrogen (secondary N) is 2. The number of hydrogen-bond acceptors (Lipinski definition) is 5. The first-order valence-corrected chi connectivity index (χ1v) is 5.40. The number of rotatable bonds is 6. The van der Waals surface area contributed by atoms with Crippen molar-refractivity contribution < 1.29 is 19.7 Å². The van der Waals surface area contributed by atoms with Crippen LogP contribution in [0.25, 0.3) is 0 Å². The minimum absolute atomic E-state index is 0.0512. The van der Waals surface area contributed by atoms with E-state index in [1.165, 1.54) is 7.11 Å². The molecule has 0 bridgehead atoms. The van der Waals surface area contributed by atoms with Crippen LogP contribution in [0.2, 0.25) is 0 Å². The Morgan fingerprint density at radius 2 is 2.28 bits per heavy atom. The Kier molecular flexibility index (Phi) is 5.34. The summed E-state index contributed by atoms with van der Waals surface area (Å²) >= 11 is 0. The van der Waals surface area contributed by atoms with Crippen molar-refractivity contribution in [3.63, 3.8) is 0 Å². The summed E-state index contributed by atoms with van der Waals surface area (Å²) in [5, 5.41) is 20.6. The summed E-state index contributed by atoms with van der Waals surface area (Å²) in [6, 6.07) is 1.88. The molecule has 1 rings (SSSR count). The summed E-state index contributed by atoms with van der Waals surface area (Å²) in [6.07, 6.45) is 0.342. The number of aliphatic hydroxyl groups excluding tert-OH is 1. The first-order chi connectivity index (χ1) is 8.56. The van der Waals surface area contributed by atoms with Gasteiger partial charge in [-0.05, 0) is 6.42 Å². The fourth-order valence-corrected chi connectivity index (χ4v) is 1.48. The van der Waals surface area contributed by atoms with Crippen LogP contribution < -0.4 is 10.9 Å². The number of aromatic nitrogens is 1. The number of H-pyrrole nitrogens is 1. The minimum Gasteiger partial charge on any atom is -0.494 e. The zero-order chi connectivity index (χ0) is 13.5. The van der Waals surface area contributed by atoms with Crippen LogP contribution in [0, 0.1) is 0 Å². The van der Waals surface area contributed by atoms with E-state index in [-0.39, 0.29) is 30.7 Å². The summed E-state index contributed by atoms with van der Waals surface area (Å²) in [5.74, 6) is -0.884. The predicted molar refractivity (Wildman–Crippen MR) is 63.6 cm³/mol. The number of pyridine rings is 1. The second kappa shape index (κ2) is 6.77. The lowest BCUT2D eigenvalue weighted by Gasteiger charge is -2.16. The van der Waals surface area contributed by atoms with Crippen LogP contribution in [0.3, 0.4) is 0 Å². The third kappa shape index (κ3) is 4.19. The van der Waals surface area contributed by atoms with Crippen LogP contribution in [0.1, 0.15) is 16.8 Å². The van der Waals surface area contributed by atoms with Crippen LogP contribution in [0.15, 0.2) is 16.9 Å². The van der Waals surface area contributed by atoms with E-state index in [0.717, 1.165) is 12.1 Å². The Hall–Kier alpha value is -1.86. The van der Waals surface area contributed by atoms with Gasteiger partial charge in [0.05, 0.1) is 18.2 Å². The Morgan fingerprint density at radius 3 is 2.83 bits per heavy atom. The lowest BCUT2D eigenvalue weighted by atomic mass is 10.2. The number of carbonyl (C=O) groups is 1. The number of carbonyl (C=O) groups excluding carboxylic acids is 1. The summed E-state index contributed by atoms with van der Waals surface area (Å²) in [7, 11) is 1.48. The van der Waals surface area contributed by atoms with Gasteiger partial charge in [-0.15, -0.1) is 0 Å². The van der Waals surface area contributed by atoms with Gasteiger partial charge in [-0.2, -0.15) is 0 Å². The third-order valence-electron chi connectivity index (χ3n) is 2.27. The molecule has 1 amide bonds. The number of aromatic hydroxyl groups is 1. The SMILES string of the molecule is COCC(CCO)NC(=O)c1cc(O)[nH]c(=O)c1. The smallest absolute Gasteiger partial charge is 0.251 e. The van der Waals surface area contributed by atoms with Crippen molar-refractivity contribution in [2.45, 2.75) is 12.5 Å². The van der Waals surface area contributed by atoms with Gasteiger partial charge >= 0.3 is 0 Å². The summed E-state index contributed by atoms with van der Waals surface area (Å²) in [6.45, 7) is 0.163. The topological polar surface area (TPSA) is 112 Å². The third-order valence-corrected chi connectivity index (χ3v) is 2.27. The van der Waals surface area contributed by atoms with E-state index in [2.05, 4.69) is 10.3 Å². The van der Waals surface area contributed by atoms with Crippen molar-refractivity contribution in [1.29, 1.82) is 0 Å². The molecular formula is C11H16N2O5. The lowest BCUT2D eigenvalue weighted by Crippen LogP contribution is -2.39. The van der Waals surface area contributed by atoms with Crippen LogP contribution in [0.5, 0.6) is 5.88 Å². The molecule has 1 unspecified atom stereocenters. The monoisotopic (exact) mass is 256 g/mol. The lowest BCUT2D eigenvalue weighted by molar-refractivity contribution is 0.0878. The molecule has 0 aliphatic heterocycles. The summed E-state index contributed by atoms with van der Waals surface area (Å²) in [4.78, 5) is 25.0. The Bertz CT molecular complexity index is 451. The molecule has 1 atom stereocenters. The highest BCUT2D eigenvalue weighted by Crippen LogP contribution is 2.05. The van der Waals surface area contributed by atoms with Crippen LogP contribution in [-0.4, -0.2) is 47.5 Å². The van der Waals surface area contributed by atoms with E-state index < -0.39 is 11.5 Å². The molecule has 0 aromatic carbocycles. The molecule has 0 fully saturated rings. The molecule has 1 aromatic heterocycles.